The van der Waals surface area contributed by atoms with E-state index in [4.69, 9.17) is 0 Å². The van der Waals surface area contributed by atoms with Crippen molar-refractivity contribution >= 4 is 21.6 Å². The second-order valence-electron chi connectivity index (χ2n) is 4.28. The maximum Gasteiger partial charge on any atom is 0.211 e. The Morgan fingerprint density at radius 2 is 1.74 bits per heavy atom. The van der Waals surface area contributed by atoms with Crippen LogP contribution < -0.4 is 10.3 Å². The molecule has 0 unspecified atom stereocenters. The Balaban J connectivity index is 2.20. The Morgan fingerprint density at radius 1 is 0.947 bits per heavy atom. The van der Waals surface area contributed by atoms with Gasteiger partial charge in [-0.15, -0.1) is 10.2 Å². The standard InChI is InChI=1S/C14H14N4S/c1-17-10-6-5-9-13(17)15-16-14-18(2)11-7-3-4-8-12(11)19-14/h3-10H,1-2H3/b15-13?,16-14+. The molecule has 19 heavy (non-hydrogen) atoms. The summed E-state index contributed by atoms with van der Waals surface area (Å²) < 4.78 is 5.22. The average Bonchev–Trinajstić information content (AvgIpc) is 2.75. The summed E-state index contributed by atoms with van der Waals surface area (Å²) in [6.45, 7) is 0. The number of para-hydroxylation sites is 1. The zero-order chi connectivity index (χ0) is 13.2. The number of aryl methyl sites for hydroxylation is 2. The van der Waals surface area contributed by atoms with Crippen molar-refractivity contribution in [2.75, 3.05) is 0 Å². The van der Waals surface area contributed by atoms with Gasteiger partial charge in [0, 0.05) is 20.3 Å². The quantitative estimate of drug-likeness (QED) is 0.606. The SMILES string of the molecule is Cn1ccccc1=N/N=c1/sc2ccccc2n1C. The van der Waals surface area contributed by atoms with Gasteiger partial charge in [-0.25, -0.2) is 0 Å². The Morgan fingerprint density at radius 3 is 2.53 bits per heavy atom. The maximum absolute atomic E-state index is 4.36. The van der Waals surface area contributed by atoms with Gasteiger partial charge in [0.15, 0.2) is 5.49 Å². The van der Waals surface area contributed by atoms with Gasteiger partial charge >= 0.3 is 0 Å². The number of hydrogen-bond acceptors (Lipinski definition) is 3. The van der Waals surface area contributed by atoms with Crippen molar-refractivity contribution in [3.8, 4) is 0 Å². The van der Waals surface area contributed by atoms with Crippen LogP contribution in [0.3, 0.4) is 0 Å². The topological polar surface area (TPSA) is 34.6 Å². The summed E-state index contributed by atoms with van der Waals surface area (Å²) in [6.07, 6.45) is 1.96. The van der Waals surface area contributed by atoms with Gasteiger partial charge in [0.05, 0.1) is 10.2 Å². The van der Waals surface area contributed by atoms with Crippen LogP contribution in [0.15, 0.2) is 58.9 Å². The van der Waals surface area contributed by atoms with Crippen LogP contribution in [0, 0.1) is 0 Å². The lowest BCUT2D eigenvalue weighted by molar-refractivity contribution is 0.797. The molecule has 0 saturated carbocycles. The first-order valence-corrected chi connectivity index (χ1v) is 6.81. The molecule has 2 aromatic heterocycles. The molecule has 0 bridgehead atoms. The van der Waals surface area contributed by atoms with Crippen LogP contribution in [-0.2, 0) is 14.1 Å². The van der Waals surface area contributed by atoms with Gasteiger partial charge in [-0.2, -0.15) is 0 Å². The van der Waals surface area contributed by atoms with E-state index in [0.717, 1.165) is 10.3 Å². The number of benzene rings is 1. The fourth-order valence-corrected chi connectivity index (χ4v) is 2.86. The molecule has 3 aromatic rings. The summed E-state index contributed by atoms with van der Waals surface area (Å²) in [4.78, 5) is 0.894. The third kappa shape index (κ3) is 2.24. The van der Waals surface area contributed by atoms with E-state index in [0.29, 0.717) is 0 Å². The van der Waals surface area contributed by atoms with Crippen LogP contribution in [0.1, 0.15) is 0 Å². The summed E-state index contributed by atoms with van der Waals surface area (Å²) in [5.41, 5.74) is 2.01. The van der Waals surface area contributed by atoms with Crippen molar-refractivity contribution in [1.29, 1.82) is 0 Å². The zero-order valence-electron chi connectivity index (χ0n) is 10.8. The molecule has 0 saturated heterocycles. The molecule has 0 N–H and O–H groups in total. The molecule has 0 aliphatic heterocycles. The predicted octanol–water partition coefficient (Wildman–Crippen LogP) is 1.99. The van der Waals surface area contributed by atoms with Gasteiger partial charge in [-0.3, -0.25) is 0 Å². The first-order valence-electron chi connectivity index (χ1n) is 5.99. The number of aromatic nitrogens is 2. The van der Waals surface area contributed by atoms with Crippen molar-refractivity contribution in [3.63, 3.8) is 0 Å². The molecule has 4 nitrogen and oxygen atoms in total. The number of fused-ring (bicyclic) bond motifs is 1. The number of hydrogen-bond donors (Lipinski definition) is 0. The molecular formula is C14H14N4S. The van der Waals surface area contributed by atoms with Crippen molar-refractivity contribution in [2.24, 2.45) is 24.3 Å². The Labute approximate surface area is 114 Å². The number of rotatable bonds is 1. The van der Waals surface area contributed by atoms with Gasteiger partial charge in [0.1, 0.15) is 0 Å². The van der Waals surface area contributed by atoms with E-state index in [2.05, 4.69) is 26.9 Å². The van der Waals surface area contributed by atoms with Crippen LogP contribution in [-0.4, -0.2) is 9.13 Å². The second-order valence-corrected chi connectivity index (χ2v) is 5.29. The summed E-state index contributed by atoms with van der Waals surface area (Å²) in [6, 6.07) is 14.1. The fourth-order valence-electron chi connectivity index (χ4n) is 1.89. The highest BCUT2D eigenvalue weighted by Crippen LogP contribution is 2.14. The minimum atomic E-state index is 0.833. The predicted molar refractivity (Wildman–Crippen MR) is 77.3 cm³/mol. The van der Waals surface area contributed by atoms with Crippen LogP contribution in [0.5, 0.6) is 0 Å². The summed E-state index contributed by atoms with van der Waals surface area (Å²) in [7, 11) is 3.97. The van der Waals surface area contributed by atoms with E-state index in [1.54, 1.807) is 11.3 Å². The van der Waals surface area contributed by atoms with Gasteiger partial charge < -0.3 is 9.13 Å². The lowest BCUT2D eigenvalue weighted by atomic mass is 10.3. The molecule has 1 aromatic carbocycles. The molecule has 3 rings (SSSR count). The Hall–Kier alpha value is -2.14. The van der Waals surface area contributed by atoms with Crippen LogP contribution in [0.4, 0.5) is 0 Å². The Kier molecular flexibility index (Phi) is 3.05. The molecule has 0 fully saturated rings. The van der Waals surface area contributed by atoms with E-state index in [-0.39, 0.29) is 0 Å². The second kappa shape index (κ2) is 4.85. The van der Waals surface area contributed by atoms with Gasteiger partial charge in [0.25, 0.3) is 0 Å². The smallest absolute Gasteiger partial charge is 0.211 e. The third-order valence-corrected chi connectivity index (χ3v) is 4.08. The molecule has 0 amide bonds. The number of thiazole rings is 1. The summed E-state index contributed by atoms with van der Waals surface area (Å²) in [5, 5.41) is 8.67. The molecule has 0 radical (unpaired) electrons. The molecule has 0 spiro atoms. The summed E-state index contributed by atoms with van der Waals surface area (Å²) in [5.74, 6) is 0. The zero-order valence-corrected chi connectivity index (χ0v) is 11.6. The van der Waals surface area contributed by atoms with Crippen LogP contribution >= 0.6 is 11.3 Å². The molecule has 2 heterocycles. The first kappa shape index (κ1) is 11.9. The lowest BCUT2D eigenvalue weighted by Gasteiger charge is -1.95. The van der Waals surface area contributed by atoms with E-state index in [1.165, 1.54) is 10.2 Å². The van der Waals surface area contributed by atoms with Crippen LogP contribution in [0.25, 0.3) is 10.2 Å². The van der Waals surface area contributed by atoms with E-state index < -0.39 is 0 Å². The minimum absolute atomic E-state index is 0.833. The van der Waals surface area contributed by atoms with Crippen molar-refractivity contribution in [1.82, 2.24) is 9.13 Å². The maximum atomic E-state index is 4.36. The largest absolute Gasteiger partial charge is 0.335 e. The molecule has 0 aliphatic rings. The van der Waals surface area contributed by atoms with E-state index in [1.807, 2.05) is 55.2 Å². The highest BCUT2D eigenvalue weighted by atomic mass is 32.1. The van der Waals surface area contributed by atoms with Crippen molar-refractivity contribution in [2.45, 2.75) is 0 Å². The van der Waals surface area contributed by atoms with Gasteiger partial charge in [-0.1, -0.05) is 29.5 Å². The molecule has 0 aliphatic carbocycles. The molecule has 96 valence electrons. The van der Waals surface area contributed by atoms with Crippen molar-refractivity contribution < 1.29 is 0 Å². The lowest BCUT2D eigenvalue weighted by Crippen LogP contribution is -2.16. The average molecular weight is 270 g/mol. The monoisotopic (exact) mass is 270 g/mol. The van der Waals surface area contributed by atoms with Gasteiger partial charge in [0.2, 0.25) is 4.80 Å². The van der Waals surface area contributed by atoms with E-state index >= 15 is 0 Å². The minimum Gasteiger partial charge on any atom is -0.335 e. The molecule has 0 atom stereocenters. The fraction of sp³-hybridized carbons (Fsp3) is 0.143. The van der Waals surface area contributed by atoms with E-state index in [9.17, 15) is 0 Å². The highest BCUT2D eigenvalue weighted by molar-refractivity contribution is 7.16. The molecule has 5 heteroatoms. The summed E-state index contributed by atoms with van der Waals surface area (Å²) >= 11 is 1.64. The first-order chi connectivity index (χ1) is 9.25. The van der Waals surface area contributed by atoms with Crippen LogP contribution in [0.2, 0.25) is 0 Å². The number of nitrogens with zero attached hydrogens (tertiary/aromatic N) is 4. The normalized spacial score (nSPS) is 13.4. The van der Waals surface area contributed by atoms with Gasteiger partial charge in [-0.05, 0) is 24.3 Å². The molecular weight excluding hydrogens is 256 g/mol. The highest BCUT2D eigenvalue weighted by Gasteiger charge is 2.00. The van der Waals surface area contributed by atoms with Crippen molar-refractivity contribution in [3.05, 3.63) is 59.0 Å². The third-order valence-electron chi connectivity index (χ3n) is 2.98. The Bertz CT molecular complexity index is 851. The number of pyridine rings is 1.